The number of benzene rings is 2. The van der Waals surface area contributed by atoms with Crippen LogP contribution in [0.2, 0.25) is 0 Å². The average Bonchev–Trinajstić information content (AvgIpc) is 3.35. The van der Waals surface area contributed by atoms with Crippen LogP contribution in [0.5, 0.6) is 11.5 Å². The van der Waals surface area contributed by atoms with Crippen molar-refractivity contribution < 1.29 is 23.0 Å². The molecule has 0 spiro atoms. The number of halogens is 2. The van der Waals surface area contributed by atoms with Gasteiger partial charge in [-0.25, -0.2) is 13.6 Å². The predicted octanol–water partition coefficient (Wildman–Crippen LogP) is 4.99. The number of rotatable bonds is 4. The van der Waals surface area contributed by atoms with E-state index in [0.717, 1.165) is 17.7 Å². The highest BCUT2D eigenvalue weighted by atomic mass is 19.1. The fraction of sp³-hybridized carbons (Fsp3) is 0.385. The van der Waals surface area contributed by atoms with E-state index in [1.54, 1.807) is 27.9 Å². The SMILES string of the molecule is COC(=O)N1c2cccc(Oc3ccc(F)cc3)c2CC(c2cnn([C@@H]3CCNC[C@@H]3F)c2)[C@@H]1C. The first-order valence-corrected chi connectivity index (χ1v) is 11.8. The number of fused-ring (bicyclic) bond motifs is 1. The van der Waals surface area contributed by atoms with Crippen molar-refractivity contribution in [3.8, 4) is 11.5 Å². The van der Waals surface area contributed by atoms with Gasteiger partial charge in [-0.2, -0.15) is 5.10 Å². The number of carbonyl (C=O) groups is 1. The van der Waals surface area contributed by atoms with Crippen molar-refractivity contribution >= 4 is 11.8 Å². The van der Waals surface area contributed by atoms with Gasteiger partial charge in [0.15, 0.2) is 0 Å². The lowest BCUT2D eigenvalue weighted by molar-refractivity contribution is 0.173. The van der Waals surface area contributed by atoms with Crippen molar-refractivity contribution in [2.75, 3.05) is 25.1 Å². The molecule has 3 aromatic rings. The topological polar surface area (TPSA) is 68.6 Å². The Kier molecular flexibility index (Phi) is 6.42. The molecular weight excluding hydrogens is 454 g/mol. The predicted molar refractivity (Wildman–Crippen MR) is 127 cm³/mol. The third kappa shape index (κ3) is 4.48. The summed E-state index contributed by atoms with van der Waals surface area (Å²) in [6, 6.07) is 10.8. The highest BCUT2D eigenvalue weighted by Gasteiger charge is 2.39. The Hall–Kier alpha value is -3.46. The summed E-state index contributed by atoms with van der Waals surface area (Å²) in [6.45, 7) is 3.03. The van der Waals surface area contributed by atoms with Gasteiger partial charge < -0.3 is 14.8 Å². The van der Waals surface area contributed by atoms with Gasteiger partial charge in [-0.05, 0) is 68.3 Å². The molecule has 9 heteroatoms. The molecule has 2 aliphatic heterocycles. The van der Waals surface area contributed by atoms with Gasteiger partial charge in [-0.1, -0.05) is 6.07 Å². The lowest BCUT2D eigenvalue weighted by atomic mass is 9.82. The molecule has 0 radical (unpaired) electrons. The number of anilines is 1. The first-order valence-electron chi connectivity index (χ1n) is 11.8. The molecule has 0 bridgehead atoms. The molecule has 1 amide bonds. The molecule has 1 N–H and O–H groups in total. The zero-order valence-electron chi connectivity index (χ0n) is 19.7. The fourth-order valence-corrected chi connectivity index (χ4v) is 5.09. The Balaban J connectivity index is 1.51. The molecular formula is C26H28F2N4O3. The summed E-state index contributed by atoms with van der Waals surface area (Å²) in [5, 5.41) is 7.56. The number of methoxy groups -OCH3 is 1. The smallest absolute Gasteiger partial charge is 0.414 e. The minimum absolute atomic E-state index is 0.118. The third-order valence-electron chi connectivity index (χ3n) is 6.96. The van der Waals surface area contributed by atoms with Crippen molar-refractivity contribution in [3.63, 3.8) is 0 Å². The number of nitrogens with zero attached hydrogens (tertiary/aromatic N) is 3. The van der Waals surface area contributed by atoms with E-state index in [1.807, 2.05) is 31.3 Å². The molecule has 35 heavy (non-hydrogen) atoms. The molecule has 0 saturated carbocycles. The van der Waals surface area contributed by atoms with Gasteiger partial charge in [0.2, 0.25) is 0 Å². The number of piperidine rings is 1. The monoisotopic (exact) mass is 482 g/mol. The van der Waals surface area contributed by atoms with Crippen molar-refractivity contribution in [1.29, 1.82) is 0 Å². The normalized spacial score (nSPS) is 24.1. The number of nitrogens with one attached hydrogen (secondary N) is 1. The quantitative estimate of drug-likeness (QED) is 0.568. The van der Waals surface area contributed by atoms with Crippen LogP contribution in [-0.4, -0.2) is 48.3 Å². The van der Waals surface area contributed by atoms with Crippen LogP contribution in [0.15, 0.2) is 54.9 Å². The fourth-order valence-electron chi connectivity index (χ4n) is 5.09. The average molecular weight is 483 g/mol. The molecule has 2 aliphatic rings. The third-order valence-corrected chi connectivity index (χ3v) is 6.96. The number of amides is 1. The molecule has 3 heterocycles. The Bertz CT molecular complexity index is 1200. The molecule has 2 aromatic carbocycles. The molecule has 0 aliphatic carbocycles. The number of hydrogen-bond acceptors (Lipinski definition) is 5. The van der Waals surface area contributed by atoms with Crippen LogP contribution in [0.25, 0.3) is 0 Å². The minimum Gasteiger partial charge on any atom is -0.457 e. The Morgan fingerprint density at radius 3 is 2.74 bits per heavy atom. The summed E-state index contributed by atoms with van der Waals surface area (Å²) in [5.41, 5.74) is 2.46. The number of hydrogen-bond donors (Lipinski definition) is 1. The maximum absolute atomic E-state index is 14.5. The van der Waals surface area contributed by atoms with Gasteiger partial charge in [0.1, 0.15) is 23.5 Å². The van der Waals surface area contributed by atoms with Crippen LogP contribution in [0, 0.1) is 5.82 Å². The van der Waals surface area contributed by atoms with Crippen LogP contribution in [0.4, 0.5) is 19.3 Å². The summed E-state index contributed by atoms with van der Waals surface area (Å²) in [4.78, 5) is 14.5. The first-order chi connectivity index (χ1) is 17.0. The van der Waals surface area contributed by atoms with Gasteiger partial charge in [0.25, 0.3) is 0 Å². The van der Waals surface area contributed by atoms with E-state index in [0.29, 0.717) is 36.6 Å². The maximum atomic E-state index is 14.5. The number of alkyl halides is 1. The van der Waals surface area contributed by atoms with Gasteiger partial charge in [-0.3, -0.25) is 9.58 Å². The molecule has 1 aromatic heterocycles. The number of carbonyl (C=O) groups excluding carboxylic acids is 1. The van der Waals surface area contributed by atoms with E-state index in [2.05, 4.69) is 10.4 Å². The van der Waals surface area contributed by atoms with Crippen molar-refractivity contribution in [2.24, 2.45) is 0 Å². The van der Waals surface area contributed by atoms with Gasteiger partial charge in [-0.15, -0.1) is 0 Å². The standard InChI is InChI=1S/C26H28F2N4O3/c1-16-20(17-13-30-31(15-17)24-10-11-29-14-22(24)28)12-21-23(32(16)26(33)34-2)4-3-5-25(21)35-19-8-6-18(27)7-9-19/h3-9,13,15-16,20,22,24,29H,10-12,14H2,1-2H3/t16-,20?,22-,24+/m0/s1. The van der Waals surface area contributed by atoms with Crippen LogP contribution < -0.4 is 15.0 Å². The van der Waals surface area contributed by atoms with E-state index >= 15 is 0 Å². The first kappa shape index (κ1) is 23.3. The molecule has 1 unspecified atom stereocenters. The molecule has 184 valence electrons. The van der Waals surface area contributed by atoms with Crippen molar-refractivity contribution in [3.05, 3.63) is 71.8 Å². The highest BCUT2D eigenvalue weighted by Crippen LogP contribution is 2.44. The summed E-state index contributed by atoms with van der Waals surface area (Å²) in [5.74, 6) is 0.606. The Labute approximate surface area is 202 Å². The lowest BCUT2D eigenvalue weighted by Crippen LogP contribution is -2.46. The highest BCUT2D eigenvalue weighted by molar-refractivity contribution is 5.91. The second-order valence-corrected chi connectivity index (χ2v) is 9.03. The summed E-state index contributed by atoms with van der Waals surface area (Å²) < 4.78 is 40.8. The molecule has 4 atom stereocenters. The van der Waals surface area contributed by atoms with E-state index < -0.39 is 12.3 Å². The Morgan fingerprint density at radius 1 is 1.20 bits per heavy atom. The van der Waals surface area contributed by atoms with Gasteiger partial charge in [0, 0.05) is 30.3 Å². The molecule has 7 nitrogen and oxygen atoms in total. The molecule has 1 saturated heterocycles. The zero-order valence-corrected chi connectivity index (χ0v) is 19.7. The van der Waals surface area contributed by atoms with E-state index in [1.165, 1.54) is 19.2 Å². The summed E-state index contributed by atoms with van der Waals surface area (Å²) in [7, 11) is 1.35. The van der Waals surface area contributed by atoms with Crippen LogP contribution in [-0.2, 0) is 11.2 Å². The summed E-state index contributed by atoms with van der Waals surface area (Å²) in [6.07, 6.45) is 3.42. The minimum atomic E-state index is -1.01. The molecule has 5 rings (SSSR count). The van der Waals surface area contributed by atoms with Gasteiger partial charge in [0.05, 0.1) is 25.0 Å². The number of ether oxygens (including phenoxy) is 2. The van der Waals surface area contributed by atoms with E-state index in [-0.39, 0.29) is 23.8 Å². The second kappa shape index (κ2) is 9.65. The second-order valence-electron chi connectivity index (χ2n) is 9.03. The van der Waals surface area contributed by atoms with Crippen LogP contribution in [0.1, 0.15) is 36.4 Å². The maximum Gasteiger partial charge on any atom is 0.414 e. The Morgan fingerprint density at radius 2 is 2.00 bits per heavy atom. The van der Waals surface area contributed by atoms with Gasteiger partial charge >= 0.3 is 6.09 Å². The molecule has 1 fully saturated rings. The number of aromatic nitrogens is 2. The van der Waals surface area contributed by atoms with E-state index in [4.69, 9.17) is 9.47 Å². The summed E-state index contributed by atoms with van der Waals surface area (Å²) >= 11 is 0. The zero-order chi connectivity index (χ0) is 24.5. The van der Waals surface area contributed by atoms with Crippen LogP contribution in [0.3, 0.4) is 0 Å². The van der Waals surface area contributed by atoms with Crippen molar-refractivity contribution in [2.45, 2.75) is 43.9 Å². The van der Waals surface area contributed by atoms with E-state index in [9.17, 15) is 13.6 Å². The van der Waals surface area contributed by atoms with Crippen molar-refractivity contribution in [1.82, 2.24) is 15.1 Å². The lowest BCUT2D eigenvalue weighted by Gasteiger charge is -2.40. The largest absolute Gasteiger partial charge is 0.457 e. The van der Waals surface area contributed by atoms with Crippen LogP contribution >= 0.6 is 0 Å².